The van der Waals surface area contributed by atoms with Gasteiger partial charge in [-0.15, -0.1) is 0 Å². The van der Waals surface area contributed by atoms with E-state index in [9.17, 15) is 5.11 Å². The van der Waals surface area contributed by atoms with Gasteiger partial charge in [0.25, 0.3) is 0 Å². The molecule has 0 bridgehead atoms. The Balaban J connectivity index is 1.77. The maximum absolute atomic E-state index is 9.23. The Bertz CT molecular complexity index is 456. The molecule has 19 heavy (non-hydrogen) atoms. The van der Waals surface area contributed by atoms with E-state index in [1.807, 2.05) is 48.5 Å². The van der Waals surface area contributed by atoms with Crippen molar-refractivity contribution in [2.75, 3.05) is 13.2 Å². The van der Waals surface area contributed by atoms with Gasteiger partial charge in [-0.3, -0.25) is 0 Å². The minimum atomic E-state index is -0.619. The standard InChI is InChI=1S/C16H18O3/c17-13-16(19-15-9-5-2-6-10-15)18-12-11-14-7-3-1-4-8-14/h1-10,16-17H,11-13H2. The summed E-state index contributed by atoms with van der Waals surface area (Å²) in [6.45, 7) is 0.353. The Labute approximate surface area is 113 Å². The molecule has 3 heteroatoms. The van der Waals surface area contributed by atoms with Gasteiger partial charge in [-0.2, -0.15) is 0 Å². The van der Waals surface area contributed by atoms with Crippen LogP contribution in [0.4, 0.5) is 0 Å². The molecule has 0 radical (unpaired) electrons. The summed E-state index contributed by atoms with van der Waals surface area (Å²) in [5.74, 6) is 0.696. The SMILES string of the molecule is OCC(OCCc1ccccc1)Oc1ccccc1. The molecule has 0 aliphatic heterocycles. The minimum Gasteiger partial charge on any atom is -0.462 e. The molecule has 0 spiro atoms. The molecule has 2 aromatic carbocycles. The van der Waals surface area contributed by atoms with Crippen LogP contribution < -0.4 is 4.74 Å². The summed E-state index contributed by atoms with van der Waals surface area (Å²) < 4.78 is 11.1. The van der Waals surface area contributed by atoms with E-state index >= 15 is 0 Å². The van der Waals surface area contributed by atoms with Crippen LogP contribution in [0.5, 0.6) is 5.75 Å². The highest BCUT2D eigenvalue weighted by atomic mass is 16.7. The van der Waals surface area contributed by atoms with Crippen molar-refractivity contribution in [3.8, 4) is 5.75 Å². The lowest BCUT2D eigenvalue weighted by atomic mass is 10.2. The van der Waals surface area contributed by atoms with Crippen LogP contribution in [0.25, 0.3) is 0 Å². The quantitative estimate of drug-likeness (QED) is 0.776. The van der Waals surface area contributed by atoms with Crippen molar-refractivity contribution in [3.05, 3.63) is 66.2 Å². The van der Waals surface area contributed by atoms with E-state index in [-0.39, 0.29) is 6.61 Å². The zero-order valence-corrected chi connectivity index (χ0v) is 10.7. The maximum atomic E-state index is 9.23. The van der Waals surface area contributed by atoms with Gasteiger partial charge >= 0.3 is 0 Å². The first-order chi connectivity index (χ1) is 9.38. The highest BCUT2D eigenvalue weighted by Gasteiger charge is 2.08. The number of hydrogen-bond acceptors (Lipinski definition) is 3. The van der Waals surface area contributed by atoms with Crippen LogP contribution in [0, 0.1) is 0 Å². The lowest BCUT2D eigenvalue weighted by Crippen LogP contribution is -2.25. The first-order valence-corrected chi connectivity index (χ1v) is 6.36. The fraction of sp³-hybridized carbons (Fsp3) is 0.250. The molecule has 0 saturated carbocycles. The summed E-state index contributed by atoms with van der Waals surface area (Å²) in [7, 11) is 0. The lowest BCUT2D eigenvalue weighted by molar-refractivity contribution is -0.106. The number of benzene rings is 2. The van der Waals surface area contributed by atoms with Crippen molar-refractivity contribution in [2.24, 2.45) is 0 Å². The number of aliphatic hydroxyl groups is 1. The monoisotopic (exact) mass is 258 g/mol. The van der Waals surface area contributed by atoms with E-state index in [1.165, 1.54) is 5.56 Å². The first-order valence-electron chi connectivity index (χ1n) is 6.36. The Morgan fingerprint density at radius 3 is 2.16 bits per heavy atom. The molecule has 0 amide bonds. The molecule has 100 valence electrons. The zero-order chi connectivity index (χ0) is 13.3. The molecule has 0 heterocycles. The summed E-state index contributed by atoms with van der Waals surface area (Å²) in [6, 6.07) is 19.4. The number of rotatable bonds is 7. The number of para-hydroxylation sites is 1. The highest BCUT2D eigenvalue weighted by molar-refractivity contribution is 5.21. The third-order valence-electron chi connectivity index (χ3n) is 2.70. The first kappa shape index (κ1) is 13.6. The van der Waals surface area contributed by atoms with Crippen LogP contribution in [-0.4, -0.2) is 24.6 Å². The van der Waals surface area contributed by atoms with Gasteiger partial charge in [0.15, 0.2) is 0 Å². The van der Waals surface area contributed by atoms with Gasteiger partial charge in [-0.25, -0.2) is 0 Å². The van der Waals surface area contributed by atoms with Gasteiger partial charge in [0.2, 0.25) is 6.29 Å². The molecule has 0 saturated heterocycles. The van der Waals surface area contributed by atoms with E-state index in [1.54, 1.807) is 0 Å². The zero-order valence-electron chi connectivity index (χ0n) is 10.7. The predicted octanol–water partition coefficient (Wildman–Crippen LogP) is 2.64. The smallest absolute Gasteiger partial charge is 0.223 e. The van der Waals surface area contributed by atoms with E-state index in [4.69, 9.17) is 9.47 Å². The molecule has 1 N–H and O–H groups in total. The number of aliphatic hydroxyl groups excluding tert-OH is 1. The summed E-state index contributed by atoms with van der Waals surface area (Å²) >= 11 is 0. The number of hydrogen-bond donors (Lipinski definition) is 1. The van der Waals surface area contributed by atoms with Gasteiger partial charge in [0, 0.05) is 0 Å². The molecular formula is C16H18O3. The second-order valence-corrected chi connectivity index (χ2v) is 4.15. The maximum Gasteiger partial charge on any atom is 0.223 e. The molecular weight excluding hydrogens is 240 g/mol. The van der Waals surface area contributed by atoms with Crippen molar-refractivity contribution in [2.45, 2.75) is 12.7 Å². The topological polar surface area (TPSA) is 38.7 Å². The summed E-state index contributed by atoms with van der Waals surface area (Å²) in [6.07, 6.45) is 0.182. The summed E-state index contributed by atoms with van der Waals surface area (Å²) in [5.41, 5.74) is 1.21. The molecule has 0 fully saturated rings. The Morgan fingerprint density at radius 1 is 0.895 bits per heavy atom. The highest BCUT2D eigenvalue weighted by Crippen LogP contribution is 2.11. The normalized spacial score (nSPS) is 12.1. The third-order valence-corrected chi connectivity index (χ3v) is 2.70. The van der Waals surface area contributed by atoms with Crippen molar-refractivity contribution in [1.82, 2.24) is 0 Å². The van der Waals surface area contributed by atoms with Gasteiger partial charge in [0.1, 0.15) is 12.4 Å². The fourth-order valence-electron chi connectivity index (χ4n) is 1.73. The predicted molar refractivity (Wildman–Crippen MR) is 74.0 cm³/mol. The Hall–Kier alpha value is -1.84. The van der Waals surface area contributed by atoms with Gasteiger partial charge in [-0.1, -0.05) is 48.5 Å². The van der Waals surface area contributed by atoms with Crippen molar-refractivity contribution in [3.63, 3.8) is 0 Å². The Morgan fingerprint density at radius 2 is 1.53 bits per heavy atom. The molecule has 2 rings (SSSR count). The summed E-state index contributed by atoms with van der Waals surface area (Å²) in [4.78, 5) is 0. The molecule has 2 aromatic rings. The van der Waals surface area contributed by atoms with Crippen molar-refractivity contribution < 1.29 is 14.6 Å². The van der Waals surface area contributed by atoms with E-state index in [2.05, 4.69) is 12.1 Å². The van der Waals surface area contributed by atoms with Crippen molar-refractivity contribution in [1.29, 1.82) is 0 Å². The molecule has 1 unspecified atom stereocenters. The van der Waals surface area contributed by atoms with Crippen LogP contribution in [-0.2, 0) is 11.2 Å². The van der Waals surface area contributed by atoms with Gasteiger partial charge in [-0.05, 0) is 24.1 Å². The van der Waals surface area contributed by atoms with Gasteiger partial charge in [0.05, 0.1) is 6.61 Å². The van der Waals surface area contributed by atoms with E-state index in [0.717, 1.165) is 6.42 Å². The number of ether oxygens (including phenoxy) is 2. The molecule has 0 aliphatic carbocycles. The molecule has 1 atom stereocenters. The van der Waals surface area contributed by atoms with Crippen LogP contribution in [0.1, 0.15) is 5.56 Å². The molecule has 0 aromatic heterocycles. The molecule has 0 aliphatic rings. The fourth-order valence-corrected chi connectivity index (χ4v) is 1.73. The average molecular weight is 258 g/mol. The second-order valence-electron chi connectivity index (χ2n) is 4.15. The third kappa shape index (κ3) is 4.73. The van der Waals surface area contributed by atoms with Crippen LogP contribution in [0.15, 0.2) is 60.7 Å². The lowest BCUT2D eigenvalue weighted by Gasteiger charge is -2.17. The largest absolute Gasteiger partial charge is 0.462 e. The summed E-state index contributed by atoms with van der Waals surface area (Å²) in [5, 5.41) is 9.23. The van der Waals surface area contributed by atoms with E-state index in [0.29, 0.717) is 12.4 Å². The van der Waals surface area contributed by atoms with Gasteiger partial charge < -0.3 is 14.6 Å². The van der Waals surface area contributed by atoms with Crippen molar-refractivity contribution >= 4 is 0 Å². The Kier molecular flexibility index (Phi) is 5.41. The minimum absolute atomic E-state index is 0.163. The molecule has 3 nitrogen and oxygen atoms in total. The average Bonchev–Trinajstić information content (AvgIpc) is 2.48. The van der Waals surface area contributed by atoms with E-state index < -0.39 is 6.29 Å². The second kappa shape index (κ2) is 7.56. The van der Waals surface area contributed by atoms with Crippen LogP contribution >= 0.6 is 0 Å². The van der Waals surface area contributed by atoms with Crippen LogP contribution in [0.2, 0.25) is 0 Å². The van der Waals surface area contributed by atoms with Crippen LogP contribution in [0.3, 0.4) is 0 Å².